The summed E-state index contributed by atoms with van der Waals surface area (Å²) in [6.07, 6.45) is 0.593. The van der Waals surface area contributed by atoms with Gasteiger partial charge >= 0.3 is 0 Å². The van der Waals surface area contributed by atoms with Crippen molar-refractivity contribution in [3.8, 4) is 0 Å². The van der Waals surface area contributed by atoms with E-state index in [0.717, 1.165) is 12.2 Å². The van der Waals surface area contributed by atoms with Crippen LogP contribution in [0.4, 0.5) is 5.69 Å². The number of hydrazine groups is 1. The van der Waals surface area contributed by atoms with Crippen molar-refractivity contribution in [2.45, 2.75) is 26.1 Å². The fourth-order valence-electron chi connectivity index (χ4n) is 1.81. The first-order chi connectivity index (χ1) is 7.47. The maximum Gasteiger partial charge on any atom is 0.240 e. The summed E-state index contributed by atoms with van der Waals surface area (Å²) in [7, 11) is -1.22. The van der Waals surface area contributed by atoms with E-state index in [-0.39, 0.29) is 5.91 Å². The van der Waals surface area contributed by atoms with Crippen LogP contribution < -0.4 is 15.6 Å². The summed E-state index contributed by atoms with van der Waals surface area (Å²) in [5.74, 6) is 0.106. The third-order valence-electron chi connectivity index (χ3n) is 2.87. The molecule has 1 aliphatic heterocycles. The maximum absolute atomic E-state index is 11.1. The molecule has 0 spiro atoms. The molecule has 0 atom stereocenters. The van der Waals surface area contributed by atoms with Gasteiger partial charge in [0.05, 0.1) is 13.8 Å². The molecule has 3 nitrogen and oxygen atoms in total. The smallest absolute Gasteiger partial charge is 0.240 e. The zero-order valence-electron chi connectivity index (χ0n) is 10.1. The van der Waals surface area contributed by atoms with E-state index in [1.54, 1.807) is 0 Å². The predicted octanol–water partition coefficient (Wildman–Crippen LogP) is 1.47. The Morgan fingerprint density at radius 2 is 1.81 bits per heavy atom. The summed E-state index contributed by atoms with van der Waals surface area (Å²) in [5, 5.41) is 3.36. The Labute approximate surface area is 97.4 Å². The number of hydrogen-bond acceptors (Lipinski definition) is 2. The average Bonchev–Trinajstić information content (AvgIpc) is 2.64. The van der Waals surface area contributed by atoms with Crippen molar-refractivity contribution in [1.82, 2.24) is 5.43 Å². The summed E-state index contributed by atoms with van der Waals surface area (Å²) in [5.41, 5.74) is 3.91. The number of nitrogens with one attached hydrogen (secondary N) is 1. The molecule has 1 amide bonds. The van der Waals surface area contributed by atoms with Crippen molar-refractivity contribution in [3.05, 3.63) is 24.3 Å². The third kappa shape index (κ3) is 2.27. The number of anilines is 1. The highest BCUT2D eigenvalue weighted by Gasteiger charge is 2.20. The van der Waals surface area contributed by atoms with E-state index < -0.39 is 8.07 Å². The minimum absolute atomic E-state index is 0.106. The molecule has 86 valence electrons. The van der Waals surface area contributed by atoms with Crippen molar-refractivity contribution >= 4 is 24.9 Å². The Morgan fingerprint density at radius 3 is 2.25 bits per heavy atom. The largest absolute Gasteiger partial charge is 0.285 e. The number of amides is 1. The average molecular weight is 234 g/mol. The van der Waals surface area contributed by atoms with Gasteiger partial charge in [0.1, 0.15) is 0 Å². The number of nitrogens with zero attached hydrogens (tertiary/aromatic N) is 1. The van der Waals surface area contributed by atoms with Crippen molar-refractivity contribution in [2.24, 2.45) is 0 Å². The lowest BCUT2D eigenvalue weighted by Crippen LogP contribution is -2.38. The van der Waals surface area contributed by atoms with Gasteiger partial charge in [0.15, 0.2) is 0 Å². The molecule has 1 saturated heterocycles. The van der Waals surface area contributed by atoms with Crippen molar-refractivity contribution in [2.75, 3.05) is 11.6 Å². The summed E-state index contributed by atoms with van der Waals surface area (Å²) < 4.78 is 0. The Morgan fingerprint density at radius 1 is 1.19 bits per heavy atom. The van der Waals surface area contributed by atoms with E-state index in [0.29, 0.717) is 6.42 Å². The number of carbonyl (C=O) groups excluding carboxylic acids is 1. The lowest BCUT2D eigenvalue weighted by atomic mass is 10.3. The Kier molecular flexibility index (Phi) is 2.76. The summed E-state index contributed by atoms with van der Waals surface area (Å²) in [6, 6.07) is 8.57. The molecule has 1 aliphatic rings. The van der Waals surface area contributed by atoms with Gasteiger partial charge in [-0.2, -0.15) is 0 Å². The summed E-state index contributed by atoms with van der Waals surface area (Å²) in [4.78, 5) is 11.1. The topological polar surface area (TPSA) is 32.3 Å². The van der Waals surface area contributed by atoms with Gasteiger partial charge in [-0.15, -0.1) is 0 Å². The fourth-order valence-corrected chi connectivity index (χ4v) is 2.98. The minimum atomic E-state index is -1.22. The van der Waals surface area contributed by atoms with Crippen LogP contribution in [0.5, 0.6) is 0 Å². The molecule has 1 aromatic rings. The van der Waals surface area contributed by atoms with E-state index in [2.05, 4.69) is 49.3 Å². The zero-order chi connectivity index (χ0) is 11.8. The summed E-state index contributed by atoms with van der Waals surface area (Å²) in [6.45, 7) is 7.77. The van der Waals surface area contributed by atoms with Crippen LogP contribution in [-0.4, -0.2) is 20.5 Å². The quantitative estimate of drug-likeness (QED) is 0.786. The highest BCUT2D eigenvalue weighted by molar-refractivity contribution is 6.88. The van der Waals surface area contributed by atoms with E-state index in [1.807, 2.05) is 5.01 Å². The van der Waals surface area contributed by atoms with Crippen LogP contribution in [0.1, 0.15) is 6.42 Å². The van der Waals surface area contributed by atoms with E-state index in [1.165, 1.54) is 5.19 Å². The first-order valence-corrected chi connectivity index (χ1v) is 9.14. The maximum atomic E-state index is 11.1. The monoisotopic (exact) mass is 234 g/mol. The zero-order valence-corrected chi connectivity index (χ0v) is 11.1. The molecule has 0 radical (unpaired) electrons. The Hall–Kier alpha value is -1.29. The van der Waals surface area contributed by atoms with Crippen LogP contribution in [0, 0.1) is 0 Å². The standard InChI is InChI=1S/C12H18N2OSi/c1-16(2,3)11-6-4-10(5-7-11)14-9-8-12(15)13-14/h4-7H,8-9H2,1-3H3,(H,13,15). The molecule has 1 fully saturated rings. The molecule has 1 aromatic carbocycles. The van der Waals surface area contributed by atoms with Crippen LogP contribution in [0.2, 0.25) is 19.6 Å². The van der Waals surface area contributed by atoms with Crippen LogP contribution >= 0.6 is 0 Å². The molecule has 1 N–H and O–H groups in total. The molecular weight excluding hydrogens is 216 g/mol. The van der Waals surface area contributed by atoms with Gasteiger partial charge < -0.3 is 0 Å². The van der Waals surface area contributed by atoms with Crippen LogP contribution in [0.15, 0.2) is 24.3 Å². The van der Waals surface area contributed by atoms with Crippen LogP contribution in [-0.2, 0) is 4.79 Å². The minimum Gasteiger partial charge on any atom is -0.285 e. The predicted molar refractivity (Wildman–Crippen MR) is 69.5 cm³/mol. The molecule has 4 heteroatoms. The van der Waals surface area contributed by atoms with Crippen molar-refractivity contribution < 1.29 is 4.79 Å². The van der Waals surface area contributed by atoms with Gasteiger partial charge in [0.2, 0.25) is 5.91 Å². The molecule has 0 saturated carbocycles. The highest BCUT2D eigenvalue weighted by Crippen LogP contribution is 2.15. The number of benzene rings is 1. The van der Waals surface area contributed by atoms with Gasteiger partial charge in [0, 0.05) is 13.0 Å². The highest BCUT2D eigenvalue weighted by atomic mass is 28.3. The lowest BCUT2D eigenvalue weighted by molar-refractivity contribution is -0.119. The Bertz CT molecular complexity index is 394. The first-order valence-electron chi connectivity index (χ1n) is 5.64. The molecule has 16 heavy (non-hydrogen) atoms. The number of hydrogen-bond donors (Lipinski definition) is 1. The van der Waals surface area contributed by atoms with E-state index in [4.69, 9.17) is 0 Å². The lowest BCUT2D eigenvalue weighted by Gasteiger charge is -2.20. The fraction of sp³-hybridized carbons (Fsp3) is 0.417. The normalized spacial score (nSPS) is 16.4. The number of carbonyl (C=O) groups is 1. The van der Waals surface area contributed by atoms with Gasteiger partial charge in [0.25, 0.3) is 0 Å². The second-order valence-electron chi connectivity index (χ2n) is 5.23. The molecule has 2 rings (SSSR count). The molecule has 0 aliphatic carbocycles. The third-order valence-corrected chi connectivity index (χ3v) is 4.93. The van der Waals surface area contributed by atoms with Gasteiger partial charge in [-0.25, -0.2) is 0 Å². The van der Waals surface area contributed by atoms with Crippen molar-refractivity contribution in [3.63, 3.8) is 0 Å². The second-order valence-corrected chi connectivity index (χ2v) is 10.3. The molecule has 0 bridgehead atoms. The molecular formula is C12H18N2OSi. The molecule has 0 aromatic heterocycles. The van der Waals surface area contributed by atoms with Gasteiger partial charge in [-0.1, -0.05) is 37.0 Å². The Balaban J connectivity index is 2.17. The number of rotatable bonds is 2. The first kappa shape index (κ1) is 11.2. The second kappa shape index (κ2) is 3.94. The van der Waals surface area contributed by atoms with E-state index >= 15 is 0 Å². The van der Waals surface area contributed by atoms with Gasteiger partial charge in [-0.3, -0.25) is 15.2 Å². The van der Waals surface area contributed by atoms with Crippen LogP contribution in [0.3, 0.4) is 0 Å². The SMILES string of the molecule is C[Si](C)(C)c1ccc(N2CCC(=O)N2)cc1. The van der Waals surface area contributed by atoms with Crippen molar-refractivity contribution in [1.29, 1.82) is 0 Å². The van der Waals surface area contributed by atoms with E-state index in [9.17, 15) is 4.79 Å². The van der Waals surface area contributed by atoms with Crippen LogP contribution in [0.25, 0.3) is 0 Å². The summed E-state index contributed by atoms with van der Waals surface area (Å²) >= 11 is 0. The van der Waals surface area contributed by atoms with Gasteiger partial charge in [-0.05, 0) is 12.1 Å². The molecule has 0 unspecified atom stereocenters. The molecule has 1 heterocycles.